The molecule has 0 aromatic carbocycles. The highest BCUT2D eigenvalue weighted by atomic mass is 32.2. The van der Waals surface area contributed by atoms with E-state index in [0.717, 1.165) is 6.42 Å². The fourth-order valence-electron chi connectivity index (χ4n) is 2.68. The van der Waals surface area contributed by atoms with Crippen molar-refractivity contribution in [2.45, 2.75) is 19.9 Å². The van der Waals surface area contributed by atoms with E-state index in [1.165, 1.54) is 33.2 Å². The molecule has 128 valence electrons. The van der Waals surface area contributed by atoms with Gasteiger partial charge in [0.15, 0.2) is 0 Å². The van der Waals surface area contributed by atoms with Gasteiger partial charge in [0.05, 0.1) is 23.5 Å². The molecular weight excluding hydrogens is 348 g/mol. The zero-order valence-corrected chi connectivity index (χ0v) is 15.0. The van der Waals surface area contributed by atoms with Gasteiger partial charge in [0.1, 0.15) is 6.54 Å². The Morgan fingerprint density at radius 1 is 1.42 bits per heavy atom. The molecule has 2 aliphatic rings. The van der Waals surface area contributed by atoms with Crippen molar-refractivity contribution >= 4 is 40.9 Å². The number of rotatable bonds is 4. The molecule has 1 saturated heterocycles. The quantitative estimate of drug-likeness (QED) is 0.598. The first kappa shape index (κ1) is 17.0. The van der Waals surface area contributed by atoms with Crippen molar-refractivity contribution in [1.82, 2.24) is 9.80 Å². The Bertz CT molecular complexity index is 698. The second kappa shape index (κ2) is 7.40. The first-order valence-corrected chi connectivity index (χ1v) is 9.59. The molecule has 0 N–H and O–H groups in total. The molecule has 6 nitrogen and oxygen atoms in total. The number of fused-ring (bicyclic) bond motifs is 1. The van der Waals surface area contributed by atoms with E-state index in [0.29, 0.717) is 18.1 Å². The number of ether oxygens (including phenoxy) is 1. The number of nitrogens with zero attached hydrogens (tertiary/aromatic N) is 2. The van der Waals surface area contributed by atoms with E-state index in [2.05, 4.69) is 0 Å². The molecule has 0 bridgehead atoms. The molecule has 0 atom stereocenters. The van der Waals surface area contributed by atoms with Crippen LogP contribution in [0.4, 0.5) is 0 Å². The van der Waals surface area contributed by atoms with Gasteiger partial charge in [0.25, 0.3) is 0 Å². The van der Waals surface area contributed by atoms with Gasteiger partial charge in [0.2, 0.25) is 11.8 Å². The lowest BCUT2D eigenvalue weighted by Gasteiger charge is -2.29. The fraction of sp³-hybridized carbons (Fsp3) is 0.438. The summed E-state index contributed by atoms with van der Waals surface area (Å²) in [4.78, 5) is 40.7. The number of thiophene rings is 1. The van der Waals surface area contributed by atoms with Crippen LogP contribution in [-0.4, -0.2) is 53.0 Å². The zero-order valence-electron chi connectivity index (χ0n) is 13.3. The van der Waals surface area contributed by atoms with E-state index < -0.39 is 5.97 Å². The van der Waals surface area contributed by atoms with Crippen molar-refractivity contribution in [3.05, 3.63) is 33.0 Å². The van der Waals surface area contributed by atoms with Gasteiger partial charge in [-0.2, -0.15) is 0 Å². The standard InChI is InChI=1S/C16H18N2O4S2/c1-2-22-16(21)7-15-18(14(20)10-24-15)9-13(19)17-5-3-12-11(8-17)4-6-23-12/h4,6-7H,2-3,5,8-10H2,1H3/b15-7-. The molecule has 3 rings (SSSR count). The number of esters is 1. The van der Waals surface area contributed by atoms with E-state index in [4.69, 9.17) is 4.74 Å². The van der Waals surface area contributed by atoms with E-state index in [1.54, 1.807) is 23.2 Å². The van der Waals surface area contributed by atoms with Crippen LogP contribution in [0.15, 0.2) is 22.6 Å². The van der Waals surface area contributed by atoms with Crippen molar-refractivity contribution in [2.24, 2.45) is 0 Å². The molecule has 2 amide bonds. The Hall–Kier alpha value is -1.80. The lowest BCUT2D eigenvalue weighted by atomic mass is 10.1. The van der Waals surface area contributed by atoms with Crippen LogP contribution in [-0.2, 0) is 32.1 Å². The van der Waals surface area contributed by atoms with E-state index in [-0.39, 0.29) is 30.7 Å². The molecule has 0 saturated carbocycles. The third-order valence-corrected chi connectivity index (χ3v) is 5.94. The van der Waals surface area contributed by atoms with Crippen molar-refractivity contribution < 1.29 is 19.1 Å². The van der Waals surface area contributed by atoms with Gasteiger partial charge in [-0.1, -0.05) is 11.8 Å². The Morgan fingerprint density at radius 2 is 2.25 bits per heavy atom. The molecule has 8 heteroatoms. The average molecular weight is 366 g/mol. The maximum atomic E-state index is 12.6. The van der Waals surface area contributed by atoms with Crippen LogP contribution in [0.5, 0.6) is 0 Å². The molecular formula is C16H18N2O4S2. The summed E-state index contributed by atoms with van der Waals surface area (Å²) >= 11 is 2.98. The molecule has 2 aliphatic heterocycles. The predicted molar refractivity (Wildman–Crippen MR) is 92.3 cm³/mol. The van der Waals surface area contributed by atoms with Crippen molar-refractivity contribution in [1.29, 1.82) is 0 Å². The second-order valence-corrected chi connectivity index (χ2v) is 7.43. The minimum atomic E-state index is -0.493. The van der Waals surface area contributed by atoms with Crippen LogP contribution in [0.1, 0.15) is 17.4 Å². The molecule has 0 aliphatic carbocycles. The highest BCUT2D eigenvalue weighted by Crippen LogP contribution is 2.29. The number of hydrogen-bond donors (Lipinski definition) is 0. The van der Waals surface area contributed by atoms with Crippen LogP contribution in [0.3, 0.4) is 0 Å². The number of carbonyl (C=O) groups excluding carboxylic acids is 3. The molecule has 1 aromatic heterocycles. The molecule has 24 heavy (non-hydrogen) atoms. The van der Waals surface area contributed by atoms with Gasteiger partial charge in [-0.05, 0) is 30.4 Å². The predicted octanol–water partition coefficient (Wildman–Crippen LogP) is 1.61. The monoisotopic (exact) mass is 366 g/mol. The summed E-state index contributed by atoms with van der Waals surface area (Å²) in [6.07, 6.45) is 2.15. The van der Waals surface area contributed by atoms with E-state index >= 15 is 0 Å². The first-order valence-electron chi connectivity index (χ1n) is 7.73. The summed E-state index contributed by atoms with van der Waals surface area (Å²) < 4.78 is 4.88. The molecule has 0 radical (unpaired) electrons. The van der Waals surface area contributed by atoms with E-state index in [1.807, 2.05) is 11.4 Å². The minimum absolute atomic E-state index is 0.0312. The van der Waals surface area contributed by atoms with Crippen molar-refractivity contribution in [3.63, 3.8) is 0 Å². The molecule has 3 heterocycles. The van der Waals surface area contributed by atoms with Crippen molar-refractivity contribution in [3.8, 4) is 0 Å². The minimum Gasteiger partial charge on any atom is -0.463 e. The smallest absolute Gasteiger partial charge is 0.333 e. The van der Waals surface area contributed by atoms with Crippen molar-refractivity contribution in [2.75, 3.05) is 25.4 Å². The topological polar surface area (TPSA) is 66.9 Å². The summed E-state index contributed by atoms with van der Waals surface area (Å²) in [6, 6.07) is 2.04. The van der Waals surface area contributed by atoms with Crippen LogP contribution < -0.4 is 0 Å². The van der Waals surface area contributed by atoms with Gasteiger partial charge < -0.3 is 9.64 Å². The maximum Gasteiger partial charge on any atom is 0.333 e. The number of carbonyl (C=O) groups is 3. The van der Waals surface area contributed by atoms with Crippen LogP contribution in [0.25, 0.3) is 0 Å². The van der Waals surface area contributed by atoms with Crippen LogP contribution in [0.2, 0.25) is 0 Å². The highest BCUT2D eigenvalue weighted by molar-refractivity contribution is 8.04. The van der Waals surface area contributed by atoms with Crippen LogP contribution >= 0.6 is 23.1 Å². The van der Waals surface area contributed by atoms with Gasteiger partial charge in [0, 0.05) is 18.0 Å². The van der Waals surface area contributed by atoms with Gasteiger partial charge in [-0.25, -0.2) is 4.79 Å². The van der Waals surface area contributed by atoms with E-state index in [9.17, 15) is 14.4 Å². The Kier molecular flexibility index (Phi) is 5.25. The largest absolute Gasteiger partial charge is 0.463 e. The third-order valence-electron chi connectivity index (χ3n) is 3.89. The summed E-state index contributed by atoms with van der Waals surface area (Å²) in [5.74, 6) is -0.504. The highest BCUT2D eigenvalue weighted by Gasteiger charge is 2.31. The SMILES string of the molecule is CCOC(=O)/C=C1\SCC(=O)N1CC(=O)N1CCc2sccc2C1. The summed E-state index contributed by atoms with van der Waals surface area (Å²) in [7, 11) is 0. The van der Waals surface area contributed by atoms with Gasteiger partial charge >= 0.3 is 5.97 Å². The summed E-state index contributed by atoms with van der Waals surface area (Å²) in [5, 5.41) is 2.53. The van der Waals surface area contributed by atoms with Gasteiger partial charge in [-0.3, -0.25) is 14.5 Å². The lowest BCUT2D eigenvalue weighted by Crippen LogP contribution is -2.42. The summed E-state index contributed by atoms with van der Waals surface area (Å²) in [5.41, 5.74) is 1.18. The maximum absolute atomic E-state index is 12.6. The normalized spacial score (nSPS) is 18.9. The van der Waals surface area contributed by atoms with Gasteiger partial charge in [-0.15, -0.1) is 11.3 Å². The average Bonchev–Trinajstić information content (AvgIpc) is 3.15. The molecule has 0 spiro atoms. The Balaban J connectivity index is 1.66. The third kappa shape index (κ3) is 3.64. The molecule has 1 aromatic rings. The molecule has 0 unspecified atom stereocenters. The Morgan fingerprint density at radius 3 is 3.04 bits per heavy atom. The number of thioether (sulfide) groups is 1. The number of amides is 2. The molecule has 1 fully saturated rings. The summed E-state index contributed by atoms with van der Waals surface area (Å²) in [6.45, 7) is 3.22. The first-order chi connectivity index (χ1) is 11.6. The zero-order chi connectivity index (χ0) is 17.1. The Labute approximate surface area is 148 Å². The number of hydrogen-bond acceptors (Lipinski definition) is 6. The lowest BCUT2D eigenvalue weighted by molar-refractivity contribution is -0.138. The fourth-order valence-corrected chi connectivity index (χ4v) is 4.50. The van der Waals surface area contributed by atoms with Crippen LogP contribution in [0, 0.1) is 0 Å². The second-order valence-electron chi connectivity index (χ2n) is 5.44.